The molecule has 2 atom stereocenters. The second kappa shape index (κ2) is 7.66. The summed E-state index contributed by atoms with van der Waals surface area (Å²) in [4.78, 5) is 12.7. The molecule has 0 aliphatic carbocycles. The second-order valence-electron chi connectivity index (χ2n) is 5.91. The number of amides is 1. The summed E-state index contributed by atoms with van der Waals surface area (Å²) in [5, 5.41) is 8.41. The van der Waals surface area contributed by atoms with Crippen LogP contribution in [0, 0.1) is 5.92 Å². The van der Waals surface area contributed by atoms with Crippen molar-refractivity contribution in [2.24, 2.45) is 5.92 Å². The highest BCUT2D eigenvalue weighted by molar-refractivity contribution is 6.08. The Bertz CT molecular complexity index is 690. The van der Waals surface area contributed by atoms with Crippen molar-refractivity contribution in [1.29, 1.82) is 0 Å². The number of piperidine rings is 1. The molecule has 1 fully saturated rings. The van der Waals surface area contributed by atoms with Crippen LogP contribution >= 0.6 is 12.4 Å². The Hall–Kier alpha value is -1.78. The smallest absolute Gasteiger partial charge is 0.252 e. The van der Waals surface area contributed by atoms with E-state index in [0.29, 0.717) is 11.5 Å². The number of methoxy groups -OCH3 is 1. The molecule has 0 saturated carbocycles. The zero-order valence-corrected chi connectivity index (χ0v) is 14.3. The van der Waals surface area contributed by atoms with Gasteiger partial charge in [-0.2, -0.15) is 0 Å². The standard InChI is InChI=1S/C18H22N2O2.ClH/c1-12-9-10-19-11-16(12)20-18(21)15-7-8-17(22-2)14-6-4-3-5-13(14)15;/h3-8,12,16,19H,9-11H2,1-2H3,(H,20,21);1H. The largest absolute Gasteiger partial charge is 0.496 e. The minimum atomic E-state index is -0.0144. The quantitative estimate of drug-likeness (QED) is 0.907. The van der Waals surface area contributed by atoms with Gasteiger partial charge in [-0.1, -0.05) is 31.2 Å². The number of carbonyl (C=O) groups is 1. The number of fused-ring (bicyclic) bond motifs is 1. The Morgan fingerprint density at radius 3 is 2.65 bits per heavy atom. The van der Waals surface area contributed by atoms with Crippen molar-refractivity contribution in [2.75, 3.05) is 20.2 Å². The third-order valence-corrected chi connectivity index (χ3v) is 4.49. The monoisotopic (exact) mass is 334 g/mol. The summed E-state index contributed by atoms with van der Waals surface area (Å²) in [6.07, 6.45) is 1.09. The molecule has 23 heavy (non-hydrogen) atoms. The van der Waals surface area contributed by atoms with Crippen LogP contribution in [0.2, 0.25) is 0 Å². The van der Waals surface area contributed by atoms with Gasteiger partial charge in [0.2, 0.25) is 0 Å². The number of hydrogen-bond donors (Lipinski definition) is 2. The molecule has 1 saturated heterocycles. The van der Waals surface area contributed by atoms with Gasteiger partial charge in [-0.15, -0.1) is 12.4 Å². The molecule has 3 rings (SSSR count). The van der Waals surface area contributed by atoms with Crippen LogP contribution in [0.3, 0.4) is 0 Å². The lowest BCUT2D eigenvalue weighted by Gasteiger charge is -2.30. The van der Waals surface area contributed by atoms with Crippen molar-refractivity contribution in [1.82, 2.24) is 10.6 Å². The third kappa shape index (κ3) is 3.59. The number of ether oxygens (including phenoxy) is 1. The van der Waals surface area contributed by atoms with Crippen LogP contribution in [0.5, 0.6) is 5.75 Å². The predicted octanol–water partition coefficient (Wildman–Crippen LogP) is 3.00. The first-order valence-corrected chi connectivity index (χ1v) is 7.78. The SMILES string of the molecule is COc1ccc(C(=O)NC2CNCCC2C)c2ccccc12.Cl. The van der Waals surface area contributed by atoms with Crippen LogP contribution in [0.15, 0.2) is 36.4 Å². The molecule has 0 spiro atoms. The predicted molar refractivity (Wildman–Crippen MR) is 95.7 cm³/mol. The number of halogens is 1. The second-order valence-corrected chi connectivity index (χ2v) is 5.91. The van der Waals surface area contributed by atoms with Gasteiger partial charge in [0.1, 0.15) is 5.75 Å². The highest BCUT2D eigenvalue weighted by Gasteiger charge is 2.23. The number of nitrogens with one attached hydrogen (secondary N) is 2. The van der Waals surface area contributed by atoms with Crippen LogP contribution in [-0.4, -0.2) is 32.1 Å². The Kier molecular flexibility index (Phi) is 5.85. The molecular formula is C18H23ClN2O2. The summed E-state index contributed by atoms with van der Waals surface area (Å²) in [7, 11) is 1.65. The molecule has 0 aromatic heterocycles. The Balaban J connectivity index is 0.00000192. The summed E-state index contributed by atoms with van der Waals surface area (Å²) in [5.41, 5.74) is 0.703. The lowest BCUT2D eigenvalue weighted by Crippen LogP contribution is -2.50. The van der Waals surface area contributed by atoms with Gasteiger partial charge in [0.05, 0.1) is 7.11 Å². The molecular weight excluding hydrogens is 312 g/mol. The first kappa shape index (κ1) is 17.6. The van der Waals surface area contributed by atoms with Crippen LogP contribution in [-0.2, 0) is 0 Å². The molecule has 2 unspecified atom stereocenters. The number of benzene rings is 2. The summed E-state index contributed by atoms with van der Waals surface area (Å²) >= 11 is 0. The van der Waals surface area contributed by atoms with E-state index in [0.717, 1.165) is 36.0 Å². The van der Waals surface area contributed by atoms with Crippen molar-refractivity contribution in [2.45, 2.75) is 19.4 Å². The molecule has 0 bridgehead atoms. The molecule has 2 aromatic rings. The molecule has 1 aliphatic heterocycles. The number of hydrogen-bond acceptors (Lipinski definition) is 3. The Morgan fingerprint density at radius 2 is 1.96 bits per heavy atom. The normalized spacial score (nSPS) is 20.6. The fraction of sp³-hybridized carbons (Fsp3) is 0.389. The third-order valence-electron chi connectivity index (χ3n) is 4.49. The average Bonchev–Trinajstić information content (AvgIpc) is 2.56. The molecule has 124 valence electrons. The zero-order valence-electron chi connectivity index (χ0n) is 13.5. The van der Waals surface area contributed by atoms with E-state index in [1.165, 1.54) is 0 Å². The highest BCUT2D eigenvalue weighted by Crippen LogP contribution is 2.28. The van der Waals surface area contributed by atoms with Gasteiger partial charge >= 0.3 is 0 Å². The summed E-state index contributed by atoms with van der Waals surface area (Å²) in [5.74, 6) is 1.27. The molecule has 2 N–H and O–H groups in total. The summed E-state index contributed by atoms with van der Waals surface area (Å²) < 4.78 is 5.39. The minimum absolute atomic E-state index is 0. The maximum atomic E-state index is 12.7. The minimum Gasteiger partial charge on any atom is -0.496 e. The topological polar surface area (TPSA) is 50.4 Å². The molecule has 4 nitrogen and oxygen atoms in total. The van der Waals surface area contributed by atoms with Gasteiger partial charge < -0.3 is 15.4 Å². The molecule has 1 amide bonds. The number of carbonyl (C=O) groups excluding carboxylic acids is 1. The Morgan fingerprint density at radius 1 is 1.22 bits per heavy atom. The van der Waals surface area contributed by atoms with Gasteiger partial charge in [-0.3, -0.25) is 4.79 Å². The van der Waals surface area contributed by atoms with E-state index in [1.54, 1.807) is 7.11 Å². The zero-order chi connectivity index (χ0) is 15.5. The van der Waals surface area contributed by atoms with E-state index >= 15 is 0 Å². The van der Waals surface area contributed by atoms with Crippen molar-refractivity contribution in [3.05, 3.63) is 42.0 Å². The highest BCUT2D eigenvalue weighted by atomic mass is 35.5. The van der Waals surface area contributed by atoms with Crippen LogP contribution < -0.4 is 15.4 Å². The van der Waals surface area contributed by atoms with Gasteiger partial charge in [-0.25, -0.2) is 0 Å². The van der Waals surface area contributed by atoms with Crippen LogP contribution in [0.25, 0.3) is 10.8 Å². The van der Waals surface area contributed by atoms with Crippen molar-refractivity contribution in [3.63, 3.8) is 0 Å². The molecule has 2 aromatic carbocycles. The lowest BCUT2D eigenvalue weighted by atomic mass is 9.94. The van der Waals surface area contributed by atoms with Crippen molar-refractivity contribution in [3.8, 4) is 5.75 Å². The molecule has 0 radical (unpaired) electrons. The van der Waals surface area contributed by atoms with E-state index in [4.69, 9.17) is 4.74 Å². The van der Waals surface area contributed by atoms with Crippen molar-refractivity contribution < 1.29 is 9.53 Å². The Labute approximate surface area is 143 Å². The lowest BCUT2D eigenvalue weighted by molar-refractivity contribution is 0.0917. The van der Waals surface area contributed by atoms with Gasteiger partial charge in [0.15, 0.2) is 0 Å². The summed E-state index contributed by atoms with van der Waals surface area (Å²) in [6.45, 7) is 4.05. The van der Waals surface area contributed by atoms with Crippen LogP contribution in [0.4, 0.5) is 0 Å². The first-order valence-electron chi connectivity index (χ1n) is 7.78. The average molecular weight is 335 g/mol. The molecule has 5 heteroatoms. The fourth-order valence-electron chi connectivity index (χ4n) is 3.08. The number of rotatable bonds is 3. The maximum Gasteiger partial charge on any atom is 0.252 e. The maximum absolute atomic E-state index is 12.7. The van der Waals surface area contributed by atoms with E-state index in [2.05, 4.69) is 17.6 Å². The van der Waals surface area contributed by atoms with Gasteiger partial charge in [0.25, 0.3) is 5.91 Å². The van der Waals surface area contributed by atoms with Gasteiger partial charge in [-0.05, 0) is 36.4 Å². The van der Waals surface area contributed by atoms with Crippen LogP contribution in [0.1, 0.15) is 23.7 Å². The molecule has 1 aliphatic rings. The van der Waals surface area contributed by atoms with Crippen molar-refractivity contribution >= 4 is 29.1 Å². The van der Waals surface area contributed by atoms with E-state index in [1.807, 2.05) is 36.4 Å². The first-order chi connectivity index (χ1) is 10.7. The van der Waals surface area contributed by atoms with E-state index < -0.39 is 0 Å². The fourth-order valence-corrected chi connectivity index (χ4v) is 3.08. The van der Waals surface area contributed by atoms with Gasteiger partial charge in [0, 0.05) is 23.5 Å². The van der Waals surface area contributed by atoms with E-state index in [-0.39, 0.29) is 24.4 Å². The van der Waals surface area contributed by atoms with E-state index in [9.17, 15) is 4.79 Å². The molecule has 1 heterocycles. The summed E-state index contributed by atoms with van der Waals surface area (Å²) in [6, 6.07) is 11.7.